The van der Waals surface area contributed by atoms with Crippen molar-refractivity contribution >= 4 is 29.0 Å². The lowest BCUT2D eigenvalue weighted by Gasteiger charge is -2.34. The Hall–Kier alpha value is -2.93. The van der Waals surface area contributed by atoms with Crippen LogP contribution in [0, 0.1) is 6.92 Å². The summed E-state index contributed by atoms with van der Waals surface area (Å²) in [4.78, 5) is 19.5. The first-order valence-corrected chi connectivity index (χ1v) is 9.40. The molecule has 1 aromatic carbocycles. The van der Waals surface area contributed by atoms with Gasteiger partial charge in [-0.15, -0.1) is 0 Å². The maximum absolute atomic E-state index is 11.1. The zero-order valence-electron chi connectivity index (χ0n) is 15.7. The summed E-state index contributed by atoms with van der Waals surface area (Å²) in [5.74, 6) is 0.732. The number of methoxy groups -OCH3 is 1. The normalized spacial score (nSPS) is 14.5. The molecule has 1 fully saturated rings. The van der Waals surface area contributed by atoms with Crippen LogP contribution in [-0.4, -0.2) is 58.8 Å². The summed E-state index contributed by atoms with van der Waals surface area (Å²) in [5, 5.41) is 9.77. The molecule has 1 saturated heterocycles. The number of amides is 1. The SMILES string of the molecule is COc1cc(C)c(Cl)cc1-c1cn2ccc(N3CCN(C(=O)O)CC3)cc2n1. The quantitative estimate of drug-likeness (QED) is 0.724. The van der Waals surface area contributed by atoms with Gasteiger partial charge < -0.3 is 24.0 Å². The fraction of sp³-hybridized carbons (Fsp3) is 0.300. The van der Waals surface area contributed by atoms with Gasteiger partial charge in [0.1, 0.15) is 11.4 Å². The summed E-state index contributed by atoms with van der Waals surface area (Å²) in [7, 11) is 1.64. The molecule has 7 nitrogen and oxygen atoms in total. The van der Waals surface area contributed by atoms with E-state index >= 15 is 0 Å². The molecule has 3 heterocycles. The van der Waals surface area contributed by atoms with Crippen molar-refractivity contribution in [1.82, 2.24) is 14.3 Å². The van der Waals surface area contributed by atoms with Crippen LogP contribution >= 0.6 is 11.6 Å². The van der Waals surface area contributed by atoms with Crippen molar-refractivity contribution in [2.75, 3.05) is 38.2 Å². The number of fused-ring (bicyclic) bond motifs is 1. The number of piperazine rings is 1. The summed E-state index contributed by atoms with van der Waals surface area (Å²) in [6.45, 7) is 4.27. The molecule has 8 heteroatoms. The van der Waals surface area contributed by atoms with Crippen LogP contribution in [0.2, 0.25) is 5.02 Å². The van der Waals surface area contributed by atoms with E-state index in [2.05, 4.69) is 4.90 Å². The minimum atomic E-state index is -0.862. The van der Waals surface area contributed by atoms with Crippen LogP contribution in [0.4, 0.5) is 10.5 Å². The number of carboxylic acid groups (broad SMARTS) is 1. The van der Waals surface area contributed by atoms with E-state index in [0.29, 0.717) is 31.2 Å². The van der Waals surface area contributed by atoms with E-state index in [1.165, 1.54) is 4.90 Å². The van der Waals surface area contributed by atoms with E-state index in [-0.39, 0.29) is 0 Å². The first kappa shape index (κ1) is 18.4. The lowest BCUT2D eigenvalue weighted by Crippen LogP contribution is -2.48. The Labute approximate surface area is 167 Å². The van der Waals surface area contributed by atoms with Crippen molar-refractivity contribution in [1.29, 1.82) is 0 Å². The summed E-state index contributed by atoms with van der Waals surface area (Å²) in [5.41, 5.74) is 4.43. The third kappa shape index (κ3) is 3.33. The van der Waals surface area contributed by atoms with E-state index < -0.39 is 6.09 Å². The topological polar surface area (TPSA) is 70.3 Å². The molecule has 0 bridgehead atoms. The number of hydrogen-bond acceptors (Lipinski definition) is 4. The number of benzene rings is 1. The van der Waals surface area contributed by atoms with Gasteiger partial charge in [-0.3, -0.25) is 0 Å². The zero-order chi connectivity index (χ0) is 19.8. The molecule has 1 aliphatic heterocycles. The molecule has 0 spiro atoms. The van der Waals surface area contributed by atoms with Gasteiger partial charge in [-0.1, -0.05) is 11.6 Å². The van der Waals surface area contributed by atoms with Crippen LogP contribution in [0.15, 0.2) is 36.7 Å². The van der Waals surface area contributed by atoms with Crippen molar-refractivity contribution in [3.63, 3.8) is 0 Å². The van der Waals surface area contributed by atoms with Crippen molar-refractivity contribution in [2.24, 2.45) is 0 Å². The second-order valence-electron chi connectivity index (χ2n) is 6.83. The van der Waals surface area contributed by atoms with Crippen molar-refractivity contribution in [3.05, 3.63) is 47.2 Å². The molecule has 146 valence electrons. The molecule has 2 aromatic heterocycles. The predicted octanol–water partition coefficient (Wildman–Crippen LogP) is 3.77. The van der Waals surface area contributed by atoms with Gasteiger partial charge in [-0.05, 0) is 30.7 Å². The Morgan fingerprint density at radius 2 is 1.96 bits per heavy atom. The summed E-state index contributed by atoms with van der Waals surface area (Å²) in [6.07, 6.45) is 3.05. The number of hydrogen-bond donors (Lipinski definition) is 1. The van der Waals surface area contributed by atoms with Crippen LogP contribution in [0.25, 0.3) is 16.9 Å². The Balaban J connectivity index is 1.65. The monoisotopic (exact) mass is 400 g/mol. The number of pyridine rings is 1. The number of ether oxygens (including phenoxy) is 1. The van der Waals surface area contributed by atoms with E-state index in [4.69, 9.17) is 26.4 Å². The van der Waals surface area contributed by atoms with E-state index in [0.717, 1.165) is 33.9 Å². The van der Waals surface area contributed by atoms with Gasteiger partial charge in [0.2, 0.25) is 0 Å². The van der Waals surface area contributed by atoms with Gasteiger partial charge in [0, 0.05) is 60.9 Å². The van der Waals surface area contributed by atoms with Crippen molar-refractivity contribution in [3.8, 4) is 17.0 Å². The third-order valence-electron chi connectivity index (χ3n) is 5.12. The summed E-state index contributed by atoms with van der Waals surface area (Å²) >= 11 is 6.31. The molecule has 0 radical (unpaired) electrons. The number of rotatable bonds is 3. The van der Waals surface area contributed by atoms with Crippen LogP contribution in [-0.2, 0) is 0 Å². The molecule has 0 saturated carbocycles. The molecular weight excluding hydrogens is 380 g/mol. The van der Waals surface area contributed by atoms with Gasteiger partial charge in [-0.25, -0.2) is 9.78 Å². The Bertz CT molecular complexity index is 1040. The highest BCUT2D eigenvalue weighted by Crippen LogP contribution is 2.34. The van der Waals surface area contributed by atoms with Gasteiger partial charge in [0.25, 0.3) is 0 Å². The Kier molecular flexibility index (Phi) is 4.77. The van der Waals surface area contributed by atoms with Gasteiger partial charge in [-0.2, -0.15) is 0 Å². The number of halogens is 1. The van der Waals surface area contributed by atoms with Gasteiger partial charge in [0.05, 0.1) is 12.8 Å². The largest absolute Gasteiger partial charge is 0.496 e. The Morgan fingerprint density at radius 1 is 1.21 bits per heavy atom. The number of aromatic nitrogens is 2. The number of anilines is 1. The fourth-order valence-corrected chi connectivity index (χ4v) is 3.64. The number of nitrogens with zero attached hydrogens (tertiary/aromatic N) is 4. The van der Waals surface area contributed by atoms with E-state index in [9.17, 15) is 4.79 Å². The molecule has 0 unspecified atom stereocenters. The van der Waals surface area contributed by atoms with Crippen LogP contribution in [0.3, 0.4) is 0 Å². The van der Waals surface area contributed by atoms with Crippen LogP contribution in [0.1, 0.15) is 5.56 Å². The average molecular weight is 401 g/mol. The highest BCUT2D eigenvalue weighted by molar-refractivity contribution is 6.31. The van der Waals surface area contributed by atoms with E-state index in [1.54, 1.807) is 7.11 Å². The molecule has 28 heavy (non-hydrogen) atoms. The van der Waals surface area contributed by atoms with Crippen molar-refractivity contribution < 1.29 is 14.6 Å². The van der Waals surface area contributed by atoms with Crippen LogP contribution < -0.4 is 9.64 Å². The smallest absolute Gasteiger partial charge is 0.407 e. The summed E-state index contributed by atoms with van der Waals surface area (Å²) < 4.78 is 7.47. The average Bonchev–Trinajstić information content (AvgIpc) is 3.12. The molecule has 1 aliphatic rings. The molecule has 0 atom stereocenters. The first-order chi connectivity index (χ1) is 13.5. The molecular formula is C20H21ClN4O3. The second-order valence-corrected chi connectivity index (χ2v) is 7.24. The first-order valence-electron chi connectivity index (χ1n) is 9.02. The lowest BCUT2D eigenvalue weighted by atomic mass is 10.1. The van der Waals surface area contributed by atoms with Crippen LogP contribution in [0.5, 0.6) is 5.75 Å². The minimum Gasteiger partial charge on any atom is -0.496 e. The van der Waals surface area contributed by atoms with E-state index in [1.807, 2.05) is 48.0 Å². The van der Waals surface area contributed by atoms with Gasteiger partial charge >= 0.3 is 6.09 Å². The highest BCUT2D eigenvalue weighted by atomic mass is 35.5. The maximum atomic E-state index is 11.1. The molecule has 4 rings (SSSR count). The number of imidazole rings is 1. The Morgan fingerprint density at radius 3 is 2.64 bits per heavy atom. The number of carbonyl (C=O) groups is 1. The third-order valence-corrected chi connectivity index (χ3v) is 5.52. The predicted molar refractivity (Wildman–Crippen MR) is 109 cm³/mol. The van der Waals surface area contributed by atoms with Gasteiger partial charge in [0.15, 0.2) is 0 Å². The lowest BCUT2D eigenvalue weighted by molar-refractivity contribution is 0.142. The number of aryl methyl sites for hydroxylation is 1. The second kappa shape index (κ2) is 7.24. The van der Waals surface area contributed by atoms with Crippen molar-refractivity contribution in [2.45, 2.75) is 6.92 Å². The molecule has 1 N–H and O–H groups in total. The molecule has 0 aliphatic carbocycles. The molecule has 3 aromatic rings. The zero-order valence-corrected chi connectivity index (χ0v) is 16.5. The fourth-order valence-electron chi connectivity index (χ4n) is 3.48. The molecule has 1 amide bonds. The maximum Gasteiger partial charge on any atom is 0.407 e. The highest BCUT2D eigenvalue weighted by Gasteiger charge is 2.21. The standard InChI is InChI=1S/C20H21ClN4O3/c1-13-9-18(28-2)15(11-16(13)21)17-12-25-4-3-14(10-19(25)22-17)23-5-7-24(8-6-23)20(26)27/h3-4,9-12H,5-8H2,1-2H3,(H,26,27). The minimum absolute atomic E-state index is 0.499. The summed E-state index contributed by atoms with van der Waals surface area (Å²) in [6, 6.07) is 7.83.